The normalized spacial score (nSPS) is 21.6. The smallest absolute Gasteiger partial charge is 0.0587 e. The maximum absolute atomic E-state index is 10.3. The summed E-state index contributed by atoms with van der Waals surface area (Å²) in [6.45, 7) is 4.77. The van der Waals surface area contributed by atoms with E-state index in [4.69, 9.17) is 0 Å². The van der Waals surface area contributed by atoms with Crippen molar-refractivity contribution in [3.63, 3.8) is 0 Å². The fourth-order valence-corrected chi connectivity index (χ4v) is 5.60. The molecule has 0 bridgehead atoms. The quantitative estimate of drug-likeness (QED) is 0.476. The molecule has 158 valence electrons. The second-order valence-electron chi connectivity index (χ2n) is 8.86. The zero-order valence-corrected chi connectivity index (χ0v) is 18.4. The largest absolute Gasteiger partial charge is 0.395 e. The maximum atomic E-state index is 10.3. The molecule has 0 spiro atoms. The molecule has 0 aromatic heterocycles. The van der Waals surface area contributed by atoms with Gasteiger partial charge in [-0.25, -0.2) is 0 Å². The highest BCUT2D eigenvalue weighted by Gasteiger charge is 2.34. The van der Waals surface area contributed by atoms with Gasteiger partial charge in [-0.15, -0.1) is 0 Å². The zero-order chi connectivity index (χ0) is 20.9. The number of aliphatic hydroxyl groups excluding tert-OH is 1. The molecular formula is C28H35NO. The topological polar surface area (TPSA) is 23.5 Å². The lowest BCUT2D eigenvalue weighted by Gasteiger charge is -2.45. The number of aliphatic hydroxyl groups is 1. The summed E-state index contributed by atoms with van der Waals surface area (Å²) in [6, 6.07) is 27.3. The molecule has 0 saturated heterocycles. The van der Waals surface area contributed by atoms with Gasteiger partial charge in [-0.1, -0.05) is 86.1 Å². The Hall–Kier alpha value is -2.16. The molecule has 0 heterocycles. The van der Waals surface area contributed by atoms with E-state index >= 15 is 0 Å². The van der Waals surface area contributed by atoms with Gasteiger partial charge in [0, 0.05) is 18.1 Å². The van der Waals surface area contributed by atoms with Crippen LogP contribution >= 0.6 is 0 Å². The number of hydrogen-bond acceptors (Lipinski definition) is 2. The van der Waals surface area contributed by atoms with Gasteiger partial charge in [0.2, 0.25) is 0 Å². The molecule has 4 rings (SSSR count). The molecule has 1 N–H and O–H groups in total. The van der Waals surface area contributed by atoms with E-state index in [1.807, 2.05) is 0 Å². The van der Waals surface area contributed by atoms with Crippen molar-refractivity contribution < 1.29 is 5.11 Å². The van der Waals surface area contributed by atoms with Gasteiger partial charge in [-0.05, 0) is 60.4 Å². The van der Waals surface area contributed by atoms with E-state index in [-0.39, 0.29) is 18.7 Å². The molecule has 0 aliphatic heterocycles. The summed E-state index contributed by atoms with van der Waals surface area (Å²) in [7, 11) is 0. The highest BCUT2D eigenvalue weighted by molar-refractivity contribution is 5.86. The lowest BCUT2D eigenvalue weighted by molar-refractivity contribution is 0.0265. The molecule has 1 aliphatic rings. The average Bonchev–Trinajstić information content (AvgIpc) is 2.82. The molecule has 0 radical (unpaired) electrons. The fraction of sp³-hybridized carbons (Fsp3) is 0.429. The van der Waals surface area contributed by atoms with Gasteiger partial charge >= 0.3 is 0 Å². The van der Waals surface area contributed by atoms with Crippen molar-refractivity contribution in [2.24, 2.45) is 0 Å². The van der Waals surface area contributed by atoms with Crippen molar-refractivity contribution in [1.82, 2.24) is 4.90 Å². The summed E-state index contributed by atoms with van der Waals surface area (Å²) in [5.41, 5.74) is 2.85. The van der Waals surface area contributed by atoms with Crippen LogP contribution in [-0.2, 0) is 0 Å². The molecule has 1 aliphatic carbocycles. The summed E-state index contributed by atoms with van der Waals surface area (Å²) in [5, 5.41) is 12.9. The van der Waals surface area contributed by atoms with Gasteiger partial charge < -0.3 is 5.11 Å². The number of rotatable bonds is 7. The zero-order valence-electron chi connectivity index (χ0n) is 18.4. The van der Waals surface area contributed by atoms with Crippen LogP contribution < -0.4 is 0 Å². The Morgan fingerprint density at radius 3 is 2.43 bits per heavy atom. The number of nitrogens with zero attached hydrogens (tertiary/aromatic N) is 1. The summed E-state index contributed by atoms with van der Waals surface area (Å²) >= 11 is 0. The summed E-state index contributed by atoms with van der Waals surface area (Å²) in [6.07, 6.45) is 5.89. The van der Waals surface area contributed by atoms with Crippen LogP contribution in [0.15, 0.2) is 72.8 Å². The van der Waals surface area contributed by atoms with E-state index in [0.29, 0.717) is 12.0 Å². The molecule has 2 nitrogen and oxygen atoms in total. The highest BCUT2D eigenvalue weighted by Crippen LogP contribution is 2.40. The highest BCUT2D eigenvalue weighted by atomic mass is 16.3. The lowest BCUT2D eigenvalue weighted by Crippen LogP contribution is -2.48. The van der Waals surface area contributed by atoms with Gasteiger partial charge in [-0.3, -0.25) is 4.90 Å². The monoisotopic (exact) mass is 401 g/mol. The van der Waals surface area contributed by atoms with E-state index in [1.54, 1.807) is 0 Å². The Bertz CT molecular complexity index is 928. The molecular weight excluding hydrogens is 366 g/mol. The molecule has 1 fully saturated rings. The second kappa shape index (κ2) is 9.76. The fourth-order valence-electron chi connectivity index (χ4n) is 5.60. The minimum Gasteiger partial charge on any atom is -0.395 e. The Kier molecular flexibility index (Phi) is 6.86. The van der Waals surface area contributed by atoms with Crippen LogP contribution in [0.25, 0.3) is 10.8 Å². The van der Waals surface area contributed by atoms with Crippen LogP contribution in [0.1, 0.15) is 69.0 Å². The van der Waals surface area contributed by atoms with Crippen LogP contribution in [0.4, 0.5) is 0 Å². The van der Waals surface area contributed by atoms with E-state index in [1.165, 1.54) is 47.6 Å². The van der Waals surface area contributed by atoms with Crippen LogP contribution in [-0.4, -0.2) is 28.7 Å². The Morgan fingerprint density at radius 2 is 1.67 bits per heavy atom. The first-order valence-electron chi connectivity index (χ1n) is 11.6. The van der Waals surface area contributed by atoms with E-state index < -0.39 is 0 Å². The number of fused-ring (bicyclic) bond motifs is 1. The third kappa shape index (κ3) is 4.31. The maximum Gasteiger partial charge on any atom is 0.0587 e. The van der Waals surface area contributed by atoms with Crippen LogP contribution in [0.3, 0.4) is 0 Å². The van der Waals surface area contributed by atoms with E-state index in [2.05, 4.69) is 91.5 Å². The first kappa shape index (κ1) is 21.1. The standard InChI is InChI=1S/C28H35NO/c1-3-25(20-30)29(21(2)27-18-10-14-23-13-7-8-17-28(23)27)26-16-9-15-24(19-26)22-11-5-4-6-12-22/h4-8,10-14,17-18,21,24-26,30H,3,9,15-16,19-20H2,1-2H3/t21-,24?,25-,26?/m1/s1. The van der Waals surface area contributed by atoms with Crippen molar-refractivity contribution in [3.8, 4) is 0 Å². The van der Waals surface area contributed by atoms with Crippen molar-refractivity contribution in [2.75, 3.05) is 6.61 Å². The molecule has 2 unspecified atom stereocenters. The minimum atomic E-state index is 0.193. The first-order chi connectivity index (χ1) is 14.7. The summed E-state index contributed by atoms with van der Waals surface area (Å²) in [4.78, 5) is 2.65. The molecule has 30 heavy (non-hydrogen) atoms. The Balaban J connectivity index is 1.67. The van der Waals surface area contributed by atoms with Crippen molar-refractivity contribution in [1.29, 1.82) is 0 Å². The Morgan fingerprint density at radius 1 is 0.933 bits per heavy atom. The predicted octanol–water partition coefficient (Wildman–Crippen LogP) is 6.70. The summed E-state index contributed by atoms with van der Waals surface area (Å²) in [5.74, 6) is 0.614. The van der Waals surface area contributed by atoms with Crippen molar-refractivity contribution in [2.45, 2.75) is 70.0 Å². The predicted molar refractivity (Wildman–Crippen MR) is 127 cm³/mol. The van der Waals surface area contributed by atoms with Gasteiger partial charge in [-0.2, -0.15) is 0 Å². The first-order valence-corrected chi connectivity index (χ1v) is 11.6. The molecule has 4 atom stereocenters. The third-order valence-electron chi connectivity index (χ3n) is 7.16. The number of hydrogen-bond donors (Lipinski definition) is 1. The van der Waals surface area contributed by atoms with E-state index in [0.717, 1.165) is 6.42 Å². The third-order valence-corrected chi connectivity index (χ3v) is 7.16. The van der Waals surface area contributed by atoms with E-state index in [9.17, 15) is 5.11 Å². The lowest BCUT2D eigenvalue weighted by atomic mass is 9.79. The number of benzene rings is 3. The van der Waals surface area contributed by atoms with Gasteiger partial charge in [0.25, 0.3) is 0 Å². The molecule has 0 amide bonds. The van der Waals surface area contributed by atoms with Gasteiger partial charge in [0.05, 0.1) is 6.61 Å². The second-order valence-corrected chi connectivity index (χ2v) is 8.86. The van der Waals surface area contributed by atoms with Crippen LogP contribution in [0.2, 0.25) is 0 Å². The molecule has 3 aromatic rings. The van der Waals surface area contributed by atoms with Crippen LogP contribution in [0, 0.1) is 0 Å². The van der Waals surface area contributed by atoms with Crippen molar-refractivity contribution >= 4 is 10.8 Å². The van der Waals surface area contributed by atoms with Gasteiger partial charge in [0.15, 0.2) is 0 Å². The molecule has 1 saturated carbocycles. The van der Waals surface area contributed by atoms with Crippen molar-refractivity contribution in [3.05, 3.63) is 83.9 Å². The summed E-state index contributed by atoms with van der Waals surface area (Å²) < 4.78 is 0. The van der Waals surface area contributed by atoms with Crippen LogP contribution in [0.5, 0.6) is 0 Å². The van der Waals surface area contributed by atoms with Gasteiger partial charge in [0.1, 0.15) is 0 Å². The Labute approximate surface area is 181 Å². The average molecular weight is 402 g/mol. The molecule has 3 aromatic carbocycles. The SMILES string of the molecule is CC[C@H](CO)N(C1CCCC(c2ccccc2)C1)[C@H](C)c1cccc2ccccc12. The minimum absolute atomic E-state index is 0.193. The molecule has 2 heteroatoms.